The van der Waals surface area contributed by atoms with E-state index in [1.54, 1.807) is 24.3 Å². The lowest BCUT2D eigenvalue weighted by molar-refractivity contribution is -0.384. The number of phenols is 1. The number of non-ortho nitro benzene ring substituents is 1. The van der Waals surface area contributed by atoms with Gasteiger partial charge in [-0.25, -0.2) is 5.43 Å². The van der Waals surface area contributed by atoms with Crippen LogP contribution in [0.1, 0.15) is 28.7 Å². The van der Waals surface area contributed by atoms with Crippen LogP contribution < -0.4 is 25.1 Å². The number of hydrogen-bond donors (Lipinski definition) is 3. The first kappa shape index (κ1) is 21.0. The Morgan fingerprint density at radius 2 is 1.82 bits per heavy atom. The van der Waals surface area contributed by atoms with E-state index in [0.717, 1.165) is 28.2 Å². The number of nitro groups is 1. The van der Waals surface area contributed by atoms with Crippen LogP contribution in [0.3, 0.4) is 0 Å². The average Bonchev–Trinajstić information content (AvgIpc) is 3.32. The molecule has 170 valence electrons. The molecule has 3 aromatic carbocycles. The first-order valence-corrected chi connectivity index (χ1v) is 10.7. The van der Waals surface area contributed by atoms with Gasteiger partial charge in [0, 0.05) is 36.2 Å². The number of phenolic OH excluding ortho intramolecular Hbond substituents is 1. The highest BCUT2D eigenvalue weighted by Crippen LogP contribution is 2.41. The van der Waals surface area contributed by atoms with Crippen LogP contribution in [0.15, 0.2) is 60.7 Å². The van der Waals surface area contributed by atoms with Crippen molar-refractivity contribution < 1.29 is 24.2 Å². The van der Waals surface area contributed by atoms with Gasteiger partial charge in [0.25, 0.3) is 5.69 Å². The Balaban J connectivity index is 1.29. The summed E-state index contributed by atoms with van der Waals surface area (Å²) in [5.41, 5.74) is 9.11. The van der Waals surface area contributed by atoms with Gasteiger partial charge in [-0.3, -0.25) is 15.5 Å². The van der Waals surface area contributed by atoms with E-state index >= 15 is 0 Å². The first-order valence-electron chi connectivity index (χ1n) is 10.7. The third kappa shape index (κ3) is 4.41. The Labute approximate surface area is 190 Å². The number of ether oxygens (including phenoxy) is 3. The van der Waals surface area contributed by atoms with Crippen molar-refractivity contribution in [1.82, 2.24) is 10.9 Å². The second-order valence-corrected chi connectivity index (χ2v) is 7.95. The summed E-state index contributed by atoms with van der Waals surface area (Å²) in [7, 11) is 0. The zero-order valence-corrected chi connectivity index (χ0v) is 17.7. The van der Waals surface area contributed by atoms with E-state index < -0.39 is 4.92 Å². The molecule has 2 aliphatic rings. The molecule has 1 saturated heterocycles. The number of nitro benzene ring substituents is 1. The molecule has 0 spiro atoms. The Hall–Kier alpha value is -3.82. The number of nitrogens with zero attached hydrogens (tertiary/aromatic N) is 1. The fourth-order valence-corrected chi connectivity index (χ4v) is 4.15. The standard InChI is InChI=1S/C24H23N3O6/c28-21-12-18(33-14-15-1-4-17(5-2-15)27(29)30)6-7-19(21)24-20(13-25-26-24)16-3-8-22-23(11-16)32-10-9-31-22/h1-8,11-12,20,24-26,28H,9-10,13-14H2. The van der Waals surface area contributed by atoms with Gasteiger partial charge < -0.3 is 19.3 Å². The largest absolute Gasteiger partial charge is 0.507 e. The molecule has 3 N–H and O–H groups in total. The third-order valence-electron chi connectivity index (χ3n) is 5.87. The van der Waals surface area contributed by atoms with E-state index in [2.05, 4.69) is 10.9 Å². The lowest BCUT2D eigenvalue weighted by Gasteiger charge is -2.23. The van der Waals surface area contributed by atoms with Crippen LogP contribution in [0, 0.1) is 10.1 Å². The molecule has 0 aromatic heterocycles. The zero-order valence-electron chi connectivity index (χ0n) is 17.7. The molecule has 1 fully saturated rings. The number of benzene rings is 3. The lowest BCUT2D eigenvalue weighted by atomic mass is 9.88. The van der Waals surface area contributed by atoms with E-state index in [0.29, 0.717) is 25.5 Å². The highest BCUT2D eigenvalue weighted by atomic mass is 16.6. The number of fused-ring (bicyclic) bond motifs is 1. The van der Waals surface area contributed by atoms with Gasteiger partial charge in [0.15, 0.2) is 11.5 Å². The number of nitrogens with one attached hydrogen (secondary N) is 2. The summed E-state index contributed by atoms with van der Waals surface area (Å²) in [5, 5.41) is 21.5. The summed E-state index contributed by atoms with van der Waals surface area (Å²) in [5.74, 6) is 2.21. The van der Waals surface area contributed by atoms with E-state index in [1.807, 2.05) is 24.3 Å². The van der Waals surface area contributed by atoms with Crippen molar-refractivity contribution in [2.24, 2.45) is 0 Å². The number of aromatic hydroxyl groups is 1. The molecule has 2 aliphatic heterocycles. The number of hydrogen-bond acceptors (Lipinski definition) is 8. The normalized spacial score (nSPS) is 19.3. The van der Waals surface area contributed by atoms with Gasteiger partial charge in [0.05, 0.1) is 11.0 Å². The van der Waals surface area contributed by atoms with Gasteiger partial charge in [-0.1, -0.05) is 12.1 Å². The minimum atomic E-state index is -0.439. The van der Waals surface area contributed by atoms with Crippen molar-refractivity contribution in [2.45, 2.75) is 18.6 Å². The molecule has 2 atom stereocenters. The topological polar surface area (TPSA) is 115 Å². The van der Waals surface area contributed by atoms with Crippen LogP contribution in [-0.4, -0.2) is 29.8 Å². The molecule has 2 unspecified atom stereocenters. The monoisotopic (exact) mass is 449 g/mol. The molecule has 0 saturated carbocycles. The van der Waals surface area contributed by atoms with E-state index in [9.17, 15) is 15.2 Å². The fraction of sp³-hybridized carbons (Fsp3) is 0.250. The van der Waals surface area contributed by atoms with Gasteiger partial charge in [-0.15, -0.1) is 0 Å². The van der Waals surface area contributed by atoms with Crippen molar-refractivity contribution in [1.29, 1.82) is 0 Å². The van der Waals surface area contributed by atoms with E-state index in [4.69, 9.17) is 14.2 Å². The van der Waals surface area contributed by atoms with Crippen molar-refractivity contribution in [2.75, 3.05) is 19.8 Å². The van der Waals surface area contributed by atoms with Gasteiger partial charge in [-0.2, -0.15) is 0 Å². The molecule has 0 radical (unpaired) electrons. The molecule has 0 bridgehead atoms. The van der Waals surface area contributed by atoms with Gasteiger partial charge in [0.1, 0.15) is 31.3 Å². The molecular weight excluding hydrogens is 426 g/mol. The average molecular weight is 449 g/mol. The minimum absolute atomic E-state index is 0.0333. The first-order chi connectivity index (χ1) is 16.1. The Morgan fingerprint density at radius 1 is 1.03 bits per heavy atom. The second kappa shape index (κ2) is 8.97. The molecule has 0 amide bonds. The summed E-state index contributed by atoms with van der Waals surface area (Å²) >= 11 is 0. The number of rotatable bonds is 6. The molecule has 2 heterocycles. The maximum absolute atomic E-state index is 10.8. The van der Waals surface area contributed by atoms with E-state index in [-0.39, 0.29) is 30.0 Å². The Kier molecular flexibility index (Phi) is 5.72. The van der Waals surface area contributed by atoms with Crippen molar-refractivity contribution in [3.05, 3.63) is 87.5 Å². The molecular formula is C24H23N3O6. The molecule has 3 aromatic rings. The molecule has 33 heavy (non-hydrogen) atoms. The fourth-order valence-electron chi connectivity index (χ4n) is 4.15. The van der Waals surface area contributed by atoms with Gasteiger partial charge in [-0.05, 0) is 41.5 Å². The van der Waals surface area contributed by atoms with Gasteiger partial charge >= 0.3 is 0 Å². The highest BCUT2D eigenvalue weighted by molar-refractivity contribution is 5.48. The summed E-state index contributed by atoms with van der Waals surface area (Å²) in [6.45, 7) is 2.01. The quantitative estimate of drug-likeness (QED) is 0.386. The van der Waals surface area contributed by atoms with E-state index in [1.165, 1.54) is 12.1 Å². The van der Waals surface area contributed by atoms with Crippen LogP contribution in [0.2, 0.25) is 0 Å². The highest BCUT2D eigenvalue weighted by Gasteiger charge is 2.32. The lowest BCUT2D eigenvalue weighted by Crippen LogP contribution is -2.25. The third-order valence-corrected chi connectivity index (χ3v) is 5.87. The SMILES string of the molecule is O=[N+]([O-])c1ccc(COc2ccc(C3NNCC3c3ccc4c(c3)OCCO4)c(O)c2)cc1. The summed E-state index contributed by atoms with van der Waals surface area (Å²) in [6.07, 6.45) is 0. The predicted octanol–water partition coefficient (Wildman–Crippen LogP) is 3.58. The molecule has 9 heteroatoms. The van der Waals surface area contributed by atoms with Crippen molar-refractivity contribution >= 4 is 5.69 Å². The van der Waals surface area contributed by atoms with Crippen LogP contribution in [-0.2, 0) is 6.61 Å². The Morgan fingerprint density at radius 3 is 2.58 bits per heavy atom. The van der Waals surface area contributed by atoms with Crippen LogP contribution in [0.25, 0.3) is 0 Å². The summed E-state index contributed by atoms with van der Waals surface area (Å²) in [6, 6.07) is 17.2. The maximum atomic E-state index is 10.8. The molecule has 9 nitrogen and oxygen atoms in total. The van der Waals surface area contributed by atoms with Gasteiger partial charge in [0.2, 0.25) is 0 Å². The summed E-state index contributed by atoms with van der Waals surface area (Å²) < 4.78 is 17.1. The van der Waals surface area contributed by atoms with Crippen LogP contribution >= 0.6 is 0 Å². The van der Waals surface area contributed by atoms with Crippen molar-refractivity contribution in [3.63, 3.8) is 0 Å². The molecule has 0 aliphatic carbocycles. The molecule has 5 rings (SSSR count). The van der Waals surface area contributed by atoms with Crippen molar-refractivity contribution in [3.8, 4) is 23.0 Å². The minimum Gasteiger partial charge on any atom is -0.507 e. The second-order valence-electron chi connectivity index (χ2n) is 7.95. The van der Waals surface area contributed by atoms with Crippen LogP contribution in [0.4, 0.5) is 5.69 Å². The zero-order chi connectivity index (χ0) is 22.8. The summed E-state index contributed by atoms with van der Waals surface area (Å²) in [4.78, 5) is 10.3. The number of hydrazine groups is 1. The Bertz CT molecular complexity index is 1170. The maximum Gasteiger partial charge on any atom is 0.269 e. The smallest absolute Gasteiger partial charge is 0.269 e. The van der Waals surface area contributed by atoms with Crippen LogP contribution in [0.5, 0.6) is 23.0 Å². The predicted molar refractivity (Wildman–Crippen MR) is 120 cm³/mol.